The summed E-state index contributed by atoms with van der Waals surface area (Å²) in [7, 11) is 0. The van der Waals surface area contributed by atoms with Gasteiger partial charge in [-0.05, 0) is 66.2 Å². The van der Waals surface area contributed by atoms with E-state index in [1.807, 2.05) is 25.1 Å². The fourth-order valence-electron chi connectivity index (χ4n) is 3.17. The standard InChI is InChI=1S/C21H31BrN2O2/c1-17-13-14-20(19(22)15-17)26-16-21(25)24-23-18-11-9-7-5-3-2-4-6-8-10-12-18/h13-15H,2-12,16H2,1H3,(H,24,25). The zero-order valence-corrected chi connectivity index (χ0v) is 17.4. The smallest absolute Gasteiger partial charge is 0.277 e. The number of hydrogen-bond donors (Lipinski definition) is 1. The second kappa shape index (κ2) is 12.1. The minimum Gasteiger partial charge on any atom is -0.483 e. The van der Waals surface area contributed by atoms with E-state index < -0.39 is 0 Å². The minimum atomic E-state index is -0.212. The van der Waals surface area contributed by atoms with Crippen LogP contribution in [0.4, 0.5) is 0 Å². The predicted molar refractivity (Wildman–Crippen MR) is 111 cm³/mol. The van der Waals surface area contributed by atoms with Gasteiger partial charge in [-0.1, -0.05) is 51.0 Å². The quantitative estimate of drug-likeness (QED) is 0.612. The predicted octanol–water partition coefficient (Wildman–Crippen LogP) is 5.91. The lowest BCUT2D eigenvalue weighted by Crippen LogP contribution is -2.26. The molecule has 0 bridgehead atoms. The third kappa shape index (κ3) is 8.35. The van der Waals surface area contributed by atoms with E-state index in [9.17, 15) is 4.79 Å². The number of carbonyl (C=O) groups excluding carboxylic acids is 1. The van der Waals surface area contributed by atoms with Crippen LogP contribution in [0.1, 0.15) is 76.2 Å². The van der Waals surface area contributed by atoms with E-state index in [0.29, 0.717) is 5.75 Å². The SMILES string of the molecule is Cc1ccc(OCC(=O)NN=C2CCCCCCCCCCC2)c(Br)c1. The normalized spacial score (nSPS) is 16.9. The molecule has 2 rings (SSSR count). The second-order valence-corrected chi connectivity index (χ2v) is 7.97. The van der Waals surface area contributed by atoms with Gasteiger partial charge in [0, 0.05) is 5.71 Å². The Morgan fingerprint density at radius 3 is 2.19 bits per heavy atom. The molecule has 1 aromatic carbocycles. The molecule has 1 amide bonds. The Hall–Kier alpha value is -1.36. The molecule has 144 valence electrons. The Kier molecular flexibility index (Phi) is 9.75. The highest BCUT2D eigenvalue weighted by atomic mass is 79.9. The number of aryl methyl sites for hydroxylation is 1. The summed E-state index contributed by atoms with van der Waals surface area (Å²) >= 11 is 3.46. The largest absolute Gasteiger partial charge is 0.483 e. The van der Waals surface area contributed by atoms with Gasteiger partial charge in [-0.25, -0.2) is 5.43 Å². The first-order chi connectivity index (χ1) is 12.6. The van der Waals surface area contributed by atoms with E-state index >= 15 is 0 Å². The Balaban J connectivity index is 1.79. The molecule has 1 fully saturated rings. The highest BCUT2D eigenvalue weighted by Crippen LogP contribution is 2.25. The average molecular weight is 423 g/mol. The van der Waals surface area contributed by atoms with Crippen molar-refractivity contribution in [3.8, 4) is 5.75 Å². The number of nitrogens with one attached hydrogen (secondary N) is 1. The molecule has 1 N–H and O–H groups in total. The molecule has 0 spiro atoms. The molecule has 1 aromatic rings. The van der Waals surface area contributed by atoms with E-state index in [1.54, 1.807) is 0 Å². The fraction of sp³-hybridized carbons (Fsp3) is 0.619. The monoisotopic (exact) mass is 422 g/mol. The van der Waals surface area contributed by atoms with Gasteiger partial charge in [0.25, 0.3) is 5.91 Å². The summed E-state index contributed by atoms with van der Waals surface area (Å²) < 4.78 is 6.43. The minimum absolute atomic E-state index is 0.0293. The number of nitrogens with zero attached hydrogens (tertiary/aromatic N) is 1. The van der Waals surface area contributed by atoms with Gasteiger partial charge in [-0.15, -0.1) is 0 Å². The molecule has 0 aliphatic heterocycles. The molecule has 1 aliphatic carbocycles. The van der Waals surface area contributed by atoms with Crippen LogP contribution in [0, 0.1) is 6.92 Å². The van der Waals surface area contributed by atoms with E-state index in [0.717, 1.165) is 28.6 Å². The average Bonchev–Trinajstić information content (AvgIpc) is 2.60. The van der Waals surface area contributed by atoms with Crippen molar-refractivity contribution in [2.75, 3.05) is 6.61 Å². The summed E-state index contributed by atoms with van der Waals surface area (Å²) in [5.41, 5.74) is 4.94. The molecule has 0 unspecified atom stereocenters. The van der Waals surface area contributed by atoms with Crippen molar-refractivity contribution in [2.24, 2.45) is 5.10 Å². The van der Waals surface area contributed by atoms with Gasteiger partial charge in [0.1, 0.15) is 5.75 Å². The van der Waals surface area contributed by atoms with Gasteiger partial charge in [0.2, 0.25) is 0 Å². The van der Waals surface area contributed by atoms with E-state index in [4.69, 9.17) is 4.74 Å². The molecule has 5 heteroatoms. The molecule has 0 aromatic heterocycles. The van der Waals surface area contributed by atoms with Gasteiger partial charge in [0.15, 0.2) is 6.61 Å². The number of hydrazone groups is 1. The van der Waals surface area contributed by atoms with Crippen molar-refractivity contribution in [1.82, 2.24) is 5.43 Å². The van der Waals surface area contributed by atoms with Gasteiger partial charge in [-0.2, -0.15) is 5.10 Å². The van der Waals surface area contributed by atoms with Crippen molar-refractivity contribution < 1.29 is 9.53 Å². The molecule has 0 heterocycles. The van der Waals surface area contributed by atoms with Gasteiger partial charge in [0.05, 0.1) is 4.47 Å². The number of halogens is 1. The van der Waals surface area contributed by atoms with E-state index in [2.05, 4.69) is 26.5 Å². The zero-order valence-electron chi connectivity index (χ0n) is 15.9. The molecule has 4 nitrogen and oxygen atoms in total. The summed E-state index contributed by atoms with van der Waals surface area (Å²) in [6.07, 6.45) is 13.6. The van der Waals surface area contributed by atoms with Crippen molar-refractivity contribution in [1.29, 1.82) is 0 Å². The summed E-state index contributed by atoms with van der Waals surface area (Å²) in [5, 5.41) is 4.39. The Morgan fingerprint density at radius 2 is 1.62 bits per heavy atom. The van der Waals surface area contributed by atoms with Crippen LogP contribution in [0.25, 0.3) is 0 Å². The van der Waals surface area contributed by atoms with Crippen LogP contribution >= 0.6 is 15.9 Å². The number of amides is 1. The molecule has 0 atom stereocenters. The Labute approximate surface area is 165 Å². The first-order valence-corrected chi connectivity index (χ1v) is 10.7. The lowest BCUT2D eigenvalue weighted by Gasteiger charge is -2.10. The first kappa shape index (κ1) is 20.9. The van der Waals surface area contributed by atoms with Gasteiger partial charge >= 0.3 is 0 Å². The van der Waals surface area contributed by atoms with Crippen LogP contribution in [0.5, 0.6) is 5.75 Å². The summed E-state index contributed by atoms with van der Waals surface area (Å²) in [5.74, 6) is 0.459. The number of carbonyl (C=O) groups is 1. The number of hydrogen-bond acceptors (Lipinski definition) is 3. The summed E-state index contributed by atoms with van der Waals surface area (Å²) in [6.45, 7) is 1.98. The third-order valence-electron chi connectivity index (χ3n) is 4.72. The van der Waals surface area contributed by atoms with Crippen LogP contribution < -0.4 is 10.2 Å². The second-order valence-electron chi connectivity index (χ2n) is 7.12. The number of ether oxygens (including phenoxy) is 1. The molecule has 1 saturated carbocycles. The third-order valence-corrected chi connectivity index (χ3v) is 5.34. The number of benzene rings is 1. The summed E-state index contributed by atoms with van der Waals surface area (Å²) in [6, 6.07) is 5.80. The first-order valence-electron chi connectivity index (χ1n) is 9.88. The van der Waals surface area contributed by atoms with Crippen LogP contribution in [0.15, 0.2) is 27.8 Å². The lowest BCUT2D eigenvalue weighted by atomic mass is 10.00. The highest BCUT2D eigenvalue weighted by Gasteiger charge is 2.07. The molecule has 26 heavy (non-hydrogen) atoms. The Bertz CT molecular complexity index is 588. The molecule has 0 radical (unpaired) electrons. The maximum Gasteiger partial charge on any atom is 0.277 e. The molecule has 1 aliphatic rings. The maximum absolute atomic E-state index is 12.1. The molecular weight excluding hydrogens is 392 g/mol. The van der Waals surface area contributed by atoms with E-state index in [-0.39, 0.29) is 12.5 Å². The van der Waals surface area contributed by atoms with Crippen LogP contribution in [0.3, 0.4) is 0 Å². The van der Waals surface area contributed by atoms with Crippen molar-refractivity contribution in [3.05, 3.63) is 28.2 Å². The van der Waals surface area contributed by atoms with E-state index in [1.165, 1.54) is 57.8 Å². The lowest BCUT2D eigenvalue weighted by molar-refractivity contribution is -0.123. The highest BCUT2D eigenvalue weighted by molar-refractivity contribution is 9.10. The van der Waals surface area contributed by atoms with Crippen LogP contribution in [0.2, 0.25) is 0 Å². The van der Waals surface area contributed by atoms with Crippen LogP contribution in [-0.4, -0.2) is 18.2 Å². The Morgan fingerprint density at radius 1 is 1.04 bits per heavy atom. The molecule has 0 saturated heterocycles. The van der Waals surface area contributed by atoms with Crippen molar-refractivity contribution >= 4 is 27.5 Å². The topological polar surface area (TPSA) is 50.7 Å². The zero-order chi connectivity index (χ0) is 18.6. The van der Waals surface area contributed by atoms with Crippen LogP contribution in [-0.2, 0) is 4.79 Å². The number of rotatable bonds is 4. The maximum atomic E-state index is 12.1. The van der Waals surface area contributed by atoms with Crippen molar-refractivity contribution in [2.45, 2.75) is 77.6 Å². The summed E-state index contributed by atoms with van der Waals surface area (Å²) in [4.78, 5) is 12.1. The van der Waals surface area contributed by atoms with Crippen molar-refractivity contribution in [3.63, 3.8) is 0 Å². The fourth-order valence-corrected chi connectivity index (χ4v) is 3.78. The molecular formula is C21H31BrN2O2. The van der Waals surface area contributed by atoms with Gasteiger partial charge < -0.3 is 4.74 Å². The van der Waals surface area contributed by atoms with Gasteiger partial charge in [-0.3, -0.25) is 4.79 Å².